The zero-order valence-electron chi connectivity index (χ0n) is 9.73. The van der Waals surface area contributed by atoms with Crippen LogP contribution in [-0.2, 0) is 11.2 Å². The molecule has 1 aliphatic rings. The van der Waals surface area contributed by atoms with Crippen molar-refractivity contribution < 1.29 is 4.79 Å². The summed E-state index contributed by atoms with van der Waals surface area (Å²) >= 11 is 0. The number of benzene rings is 1. The van der Waals surface area contributed by atoms with Gasteiger partial charge in [0.1, 0.15) is 0 Å². The number of rotatable bonds is 2. The average molecular weight is 212 g/mol. The maximum atomic E-state index is 11.6. The van der Waals surface area contributed by atoms with Crippen LogP contribution in [0.1, 0.15) is 25.0 Å². The van der Waals surface area contributed by atoms with Crippen molar-refractivity contribution in [1.82, 2.24) is 0 Å². The zero-order valence-corrected chi connectivity index (χ0v) is 9.73. The van der Waals surface area contributed by atoms with E-state index >= 15 is 0 Å². The fraction of sp³-hybridized carbons (Fsp3) is 0.267. The number of fused-ring (bicyclic) bond motifs is 1. The summed E-state index contributed by atoms with van der Waals surface area (Å²) in [7, 11) is 0. The van der Waals surface area contributed by atoms with Crippen LogP contribution in [0.2, 0.25) is 0 Å². The van der Waals surface area contributed by atoms with E-state index in [-0.39, 0.29) is 5.78 Å². The Morgan fingerprint density at radius 2 is 2.00 bits per heavy atom. The predicted octanol–water partition coefficient (Wildman–Crippen LogP) is 3.41. The van der Waals surface area contributed by atoms with Crippen molar-refractivity contribution >= 4 is 11.4 Å². The van der Waals surface area contributed by atoms with Gasteiger partial charge in [-0.15, -0.1) is 0 Å². The molecule has 16 heavy (non-hydrogen) atoms. The van der Waals surface area contributed by atoms with Gasteiger partial charge in [-0.2, -0.15) is 0 Å². The molecule has 0 saturated heterocycles. The Hall–Kier alpha value is -1.63. The van der Waals surface area contributed by atoms with Crippen LogP contribution in [0.15, 0.2) is 42.5 Å². The summed E-state index contributed by atoms with van der Waals surface area (Å²) in [5, 5.41) is 0. The normalized spacial score (nSPS) is 15.4. The number of hydrogen-bond acceptors (Lipinski definition) is 1. The van der Waals surface area contributed by atoms with E-state index in [4.69, 9.17) is 0 Å². The van der Waals surface area contributed by atoms with Crippen molar-refractivity contribution in [2.45, 2.75) is 20.3 Å². The Morgan fingerprint density at radius 1 is 1.25 bits per heavy atom. The second-order valence-electron chi connectivity index (χ2n) is 4.50. The van der Waals surface area contributed by atoms with Crippen molar-refractivity contribution in [3.8, 4) is 0 Å². The molecule has 0 spiro atoms. The Balaban J connectivity index is 2.40. The van der Waals surface area contributed by atoms with Crippen LogP contribution >= 0.6 is 0 Å². The molecule has 0 amide bonds. The third-order valence-electron chi connectivity index (χ3n) is 2.67. The van der Waals surface area contributed by atoms with Crippen LogP contribution in [0.4, 0.5) is 0 Å². The first kappa shape index (κ1) is 10.9. The maximum absolute atomic E-state index is 11.6. The van der Waals surface area contributed by atoms with E-state index in [0.717, 1.165) is 11.1 Å². The Kier molecular flexibility index (Phi) is 3.04. The van der Waals surface area contributed by atoms with Gasteiger partial charge in [0, 0.05) is 6.42 Å². The Bertz CT molecular complexity index is 464. The zero-order chi connectivity index (χ0) is 11.5. The van der Waals surface area contributed by atoms with Crippen molar-refractivity contribution in [2.24, 2.45) is 5.92 Å². The molecule has 82 valence electrons. The van der Waals surface area contributed by atoms with Crippen molar-refractivity contribution in [2.75, 3.05) is 0 Å². The Labute approximate surface area is 96.5 Å². The molecule has 2 rings (SSSR count). The highest BCUT2D eigenvalue weighted by molar-refractivity contribution is 6.03. The van der Waals surface area contributed by atoms with Crippen molar-refractivity contribution in [3.63, 3.8) is 0 Å². The molecular weight excluding hydrogens is 196 g/mol. The van der Waals surface area contributed by atoms with Crippen LogP contribution < -0.4 is 0 Å². The van der Waals surface area contributed by atoms with E-state index in [1.165, 1.54) is 5.56 Å². The van der Waals surface area contributed by atoms with Gasteiger partial charge in [-0.05, 0) is 28.7 Å². The van der Waals surface area contributed by atoms with E-state index < -0.39 is 0 Å². The highest BCUT2D eigenvalue weighted by Gasteiger charge is 2.14. The largest absolute Gasteiger partial charge is 0.294 e. The lowest BCUT2D eigenvalue weighted by Crippen LogP contribution is -2.08. The number of hydrogen-bond donors (Lipinski definition) is 0. The van der Waals surface area contributed by atoms with E-state index in [1.807, 2.05) is 18.2 Å². The lowest BCUT2D eigenvalue weighted by atomic mass is 9.89. The van der Waals surface area contributed by atoms with Gasteiger partial charge in [0.25, 0.3) is 0 Å². The van der Waals surface area contributed by atoms with Gasteiger partial charge < -0.3 is 0 Å². The molecule has 1 nitrogen and oxygen atoms in total. The molecule has 1 aromatic rings. The first-order chi connectivity index (χ1) is 7.66. The molecule has 0 bridgehead atoms. The first-order valence-corrected chi connectivity index (χ1v) is 5.68. The Morgan fingerprint density at radius 3 is 2.75 bits per heavy atom. The summed E-state index contributed by atoms with van der Waals surface area (Å²) < 4.78 is 0. The van der Waals surface area contributed by atoms with Crippen LogP contribution in [0.25, 0.3) is 5.57 Å². The summed E-state index contributed by atoms with van der Waals surface area (Å²) in [6, 6.07) is 8.12. The van der Waals surface area contributed by atoms with Gasteiger partial charge in [0.15, 0.2) is 5.78 Å². The minimum absolute atomic E-state index is 0.196. The molecule has 1 aromatic carbocycles. The highest BCUT2D eigenvalue weighted by Crippen LogP contribution is 2.25. The smallest absolute Gasteiger partial charge is 0.160 e. The lowest BCUT2D eigenvalue weighted by Gasteiger charge is -2.14. The predicted molar refractivity (Wildman–Crippen MR) is 67.1 cm³/mol. The number of carbonyl (C=O) groups excluding carboxylic acids is 1. The summed E-state index contributed by atoms with van der Waals surface area (Å²) in [6.45, 7) is 4.27. The minimum atomic E-state index is 0.196. The van der Waals surface area contributed by atoms with E-state index in [9.17, 15) is 4.79 Å². The summed E-state index contributed by atoms with van der Waals surface area (Å²) in [6.07, 6.45) is 6.47. The molecule has 0 N–H and O–H groups in total. The first-order valence-electron chi connectivity index (χ1n) is 5.68. The van der Waals surface area contributed by atoms with Crippen molar-refractivity contribution in [1.29, 1.82) is 0 Å². The molecule has 0 fully saturated rings. The lowest BCUT2D eigenvalue weighted by molar-refractivity contribution is -0.114. The number of allylic oxidation sites excluding steroid dienone is 4. The van der Waals surface area contributed by atoms with Gasteiger partial charge in [0.05, 0.1) is 0 Å². The molecule has 0 heterocycles. The minimum Gasteiger partial charge on any atom is -0.294 e. The van der Waals surface area contributed by atoms with Crippen LogP contribution in [-0.4, -0.2) is 5.78 Å². The SMILES string of the molecule is CC(C)C=CC1=CC(=O)Cc2ccccc21. The third kappa shape index (κ3) is 2.30. The average Bonchev–Trinajstić information content (AvgIpc) is 2.25. The van der Waals surface area contributed by atoms with Crippen molar-refractivity contribution in [3.05, 3.63) is 53.6 Å². The van der Waals surface area contributed by atoms with Gasteiger partial charge in [0.2, 0.25) is 0 Å². The molecule has 0 radical (unpaired) electrons. The molecule has 1 heteroatoms. The second-order valence-corrected chi connectivity index (χ2v) is 4.50. The fourth-order valence-corrected chi connectivity index (χ4v) is 1.88. The third-order valence-corrected chi connectivity index (χ3v) is 2.67. The standard InChI is InChI=1S/C15H16O/c1-11(2)7-8-13-10-14(16)9-12-5-3-4-6-15(12)13/h3-8,10-11H,9H2,1-2H3. The quantitative estimate of drug-likeness (QED) is 0.734. The molecule has 0 unspecified atom stereocenters. The van der Waals surface area contributed by atoms with E-state index in [0.29, 0.717) is 12.3 Å². The van der Waals surface area contributed by atoms with E-state index in [1.54, 1.807) is 6.08 Å². The molecule has 0 saturated carbocycles. The molecule has 0 aromatic heterocycles. The summed E-state index contributed by atoms with van der Waals surface area (Å²) in [4.78, 5) is 11.6. The monoisotopic (exact) mass is 212 g/mol. The van der Waals surface area contributed by atoms with Gasteiger partial charge >= 0.3 is 0 Å². The maximum Gasteiger partial charge on any atom is 0.160 e. The van der Waals surface area contributed by atoms with Crippen LogP contribution in [0, 0.1) is 5.92 Å². The molecular formula is C15H16O. The highest BCUT2D eigenvalue weighted by atomic mass is 16.1. The molecule has 1 aliphatic carbocycles. The molecule has 0 atom stereocenters. The fourth-order valence-electron chi connectivity index (χ4n) is 1.88. The number of carbonyl (C=O) groups is 1. The summed E-state index contributed by atoms with van der Waals surface area (Å²) in [5.74, 6) is 0.701. The van der Waals surface area contributed by atoms with Crippen LogP contribution in [0.3, 0.4) is 0 Å². The van der Waals surface area contributed by atoms with Crippen LogP contribution in [0.5, 0.6) is 0 Å². The second kappa shape index (κ2) is 4.48. The van der Waals surface area contributed by atoms with Gasteiger partial charge in [-0.3, -0.25) is 4.79 Å². The van der Waals surface area contributed by atoms with Gasteiger partial charge in [-0.25, -0.2) is 0 Å². The van der Waals surface area contributed by atoms with Gasteiger partial charge in [-0.1, -0.05) is 50.3 Å². The topological polar surface area (TPSA) is 17.1 Å². The summed E-state index contributed by atoms with van der Waals surface area (Å²) in [5.41, 5.74) is 3.37. The van der Waals surface area contributed by atoms with E-state index in [2.05, 4.69) is 32.1 Å². The molecule has 0 aliphatic heterocycles. The number of ketones is 1.